The molecule has 3 saturated heterocycles. The molecule has 3 aliphatic rings. The third kappa shape index (κ3) is 19.8. The Morgan fingerprint density at radius 1 is 0.263 bits per heavy atom. The lowest BCUT2D eigenvalue weighted by molar-refractivity contribution is -0.395. The number of hydrogen-bond acceptors (Lipinski definition) is 15. The van der Waals surface area contributed by atoms with E-state index >= 15 is 0 Å². The van der Waals surface area contributed by atoms with E-state index in [1.807, 2.05) is 273 Å². The molecule has 0 amide bonds. The van der Waals surface area contributed by atoms with Crippen LogP contribution in [0, 0.1) is 0 Å². The standard InChI is InChI=1S/C80H84O15/c81-78-75(89-53-65-42-24-8-25-43-65)74(88-52-64-40-22-7-23-41-64)72(69(92-78)56-83-47-59-30-12-2-13-31-59)94-80-77(73(87-51-63-38-20-6-21-39-63)71(86-50-62-36-18-5-19-37-62)68(93-80)55-82-46-58-28-10-1-11-29-58)95-79-76(90-54-66-44-26-9-27-45-66)70(85-49-61-34-16-4-17-35-61)67(57-91-79)84-48-60-32-14-3-15-33-60/h1-45,67-81H,46-57H2/t67-,68-,69-,70+,71-,72-,73+,74+,75-,76-,77+,78+,79+,80+/m1/s1. The molecule has 0 saturated carbocycles. The number of rotatable bonds is 33. The average molecular weight is 1290 g/mol. The molecule has 3 heterocycles. The Bertz CT molecular complexity index is 3540. The van der Waals surface area contributed by atoms with Crippen LogP contribution in [0.4, 0.5) is 0 Å². The van der Waals surface area contributed by atoms with E-state index in [2.05, 4.69) is 0 Å². The number of hydrogen-bond donors (Lipinski definition) is 1. The molecular formula is C80H84O15. The Kier molecular flexibility index (Phi) is 25.5. The molecular weight excluding hydrogens is 1200 g/mol. The van der Waals surface area contributed by atoms with Crippen molar-refractivity contribution in [1.82, 2.24) is 0 Å². The van der Waals surface area contributed by atoms with Gasteiger partial charge in [-0.05, 0) is 50.1 Å². The molecule has 0 unspecified atom stereocenters. The SMILES string of the molecule is O[C@H]1O[C@H](COCc2ccccc2)[C@@H](O[C@@H]2O[C@H](COCc3ccccc3)[C@@H](OCc3ccccc3)[C@H](OCc3ccccc3)[C@@H]2O[C@@H]2OC[C@@H](OCc3ccccc3)[C@H](OCc3ccccc3)[C@H]2OCc2ccccc2)[C@H](OCc2ccccc2)[C@H]1OCc1ccccc1. The number of ether oxygens (including phenoxy) is 14. The van der Waals surface area contributed by atoms with Crippen LogP contribution in [0.5, 0.6) is 0 Å². The van der Waals surface area contributed by atoms with Gasteiger partial charge >= 0.3 is 0 Å². The molecule has 9 aromatic carbocycles. The zero-order valence-electron chi connectivity index (χ0n) is 53.2. The second-order valence-corrected chi connectivity index (χ2v) is 23.9. The van der Waals surface area contributed by atoms with Crippen molar-refractivity contribution >= 4 is 0 Å². The highest BCUT2D eigenvalue weighted by Gasteiger charge is 2.56. The molecule has 0 bridgehead atoms. The second-order valence-electron chi connectivity index (χ2n) is 23.9. The first-order valence-electron chi connectivity index (χ1n) is 32.8. The molecule has 0 spiro atoms. The molecule has 494 valence electrons. The van der Waals surface area contributed by atoms with Crippen LogP contribution in [0.25, 0.3) is 0 Å². The van der Waals surface area contributed by atoms with Crippen LogP contribution in [-0.2, 0) is 126 Å². The summed E-state index contributed by atoms with van der Waals surface area (Å²) >= 11 is 0. The smallest absolute Gasteiger partial charge is 0.187 e. The van der Waals surface area contributed by atoms with Gasteiger partial charge in [-0.25, -0.2) is 0 Å². The van der Waals surface area contributed by atoms with Gasteiger partial charge < -0.3 is 71.4 Å². The van der Waals surface area contributed by atoms with Crippen molar-refractivity contribution in [3.05, 3.63) is 323 Å². The molecule has 14 atom stereocenters. The van der Waals surface area contributed by atoms with Crippen LogP contribution >= 0.6 is 0 Å². The fourth-order valence-corrected chi connectivity index (χ4v) is 12.0. The van der Waals surface area contributed by atoms with Gasteiger partial charge in [0.2, 0.25) is 0 Å². The van der Waals surface area contributed by atoms with Crippen LogP contribution in [0.3, 0.4) is 0 Å². The van der Waals surface area contributed by atoms with E-state index in [0.717, 1.165) is 50.1 Å². The summed E-state index contributed by atoms with van der Waals surface area (Å²) in [7, 11) is 0. The van der Waals surface area contributed by atoms with Crippen molar-refractivity contribution < 1.29 is 71.4 Å². The van der Waals surface area contributed by atoms with Crippen LogP contribution in [0.2, 0.25) is 0 Å². The Labute approximate surface area is 557 Å². The van der Waals surface area contributed by atoms with Gasteiger partial charge in [0.15, 0.2) is 18.9 Å². The van der Waals surface area contributed by atoms with Gasteiger partial charge in [0.25, 0.3) is 0 Å². The van der Waals surface area contributed by atoms with Crippen LogP contribution in [0.1, 0.15) is 50.1 Å². The Hall–Kier alpha value is -7.62. The van der Waals surface area contributed by atoms with Crippen LogP contribution < -0.4 is 0 Å². The first kappa shape index (κ1) is 67.4. The topological polar surface area (TPSA) is 149 Å². The maximum atomic E-state index is 12.4. The molecule has 3 fully saturated rings. The molecule has 1 N–H and O–H groups in total. The zero-order chi connectivity index (χ0) is 64.5. The minimum absolute atomic E-state index is 0.0327. The summed E-state index contributed by atoms with van der Waals surface area (Å²) in [4.78, 5) is 0. The van der Waals surface area contributed by atoms with E-state index in [9.17, 15) is 5.11 Å². The maximum Gasteiger partial charge on any atom is 0.187 e. The zero-order valence-corrected chi connectivity index (χ0v) is 53.2. The molecule has 12 rings (SSSR count). The van der Waals surface area contributed by atoms with Crippen molar-refractivity contribution in [3.63, 3.8) is 0 Å². The summed E-state index contributed by atoms with van der Waals surface area (Å²) in [5.74, 6) is 0. The van der Waals surface area contributed by atoms with E-state index in [0.29, 0.717) is 0 Å². The highest BCUT2D eigenvalue weighted by Crippen LogP contribution is 2.39. The predicted molar refractivity (Wildman–Crippen MR) is 356 cm³/mol. The summed E-state index contributed by atoms with van der Waals surface area (Å²) in [5, 5.41) is 12.4. The Morgan fingerprint density at radius 2 is 0.547 bits per heavy atom. The quantitative estimate of drug-likeness (QED) is 0.0415. The van der Waals surface area contributed by atoms with Gasteiger partial charge in [0, 0.05) is 0 Å². The Balaban J connectivity index is 0.972. The molecule has 0 aliphatic carbocycles. The van der Waals surface area contributed by atoms with Crippen LogP contribution in [-0.4, -0.2) is 111 Å². The van der Waals surface area contributed by atoms with E-state index < -0.39 is 86.0 Å². The van der Waals surface area contributed by atoms with Crippen LogP contribution in [0.15, 0.2) is 273 Å². The highest BCUT2D eigenvalue weighted by atomic mass is 16.8. The Morgan fingerprint density at radius 3 is 0.926 bits per heavy atom. The second kappa shape index (κ2) is 35.9. The normalized spacial score (nSPS) is 25.2. The van der Waals surface area contributed by atoms with E-state index in [-0.39, 0.29) is 79.3 Å². The molecule has 0 aromatic heterocycles. The van der Waals surface area contributed by atoms with Crippen molar-refractivity contribution in [2.45, 2.75) is 145 Å². The minimum Gasteiger partial charge on any atom is -0.374 e. The van der Waals surface area contributed by atoms with Gasteiger partial charge in [-0.2, -0.15) is 0 Å². The lowest BCUT2D eigenvalue weighted by atomic mass is 9.95. The summed E-state index contributed by atoms with van der Waals surface area (Å²) in [6, 6.07) is 89.4. The molecule has 95 heavy (non-hydrogen) atoms. The molecule has 15 heteroatoms. The lowest BCUT2D eigenvalue weighted by Crippen LogP contribution is -2.67. The summed E-state index contributed by atoms with van der Waals surface area (Å²) in [5.41, 5.74) is 8.37. The van der Waals surface area contributed by atoms with Gasteiger partial charge in [0.05, 0.1) is 79.3 Å². The lowest BCUT2D eigenvalue weighted by Gasteiger charge is -2.51. The van der Waals surface area contributed by atoms with E-state index in [4.69, 9.17) is 66.3 Å². The van der Waals surface area contributed by atoms with Crippen molar-refractivity contribution in [3.8, 4) is 0 Å². The predicted octanol–water partition coefficient (Wildman–Crippen LogP) is 13.1. The van der Waals surface area contributed by atoms with Gasteiger partial charge in [-0.3, -0.25) is 0 Å². The average Bonchev–Trinajstić information content (AvgIpc) is 0.802. The summed E-state index contributed by atoms with van der Waals surface area (Å²) < 4.78 is 99.4. The molecule has 9 aromatic rings. The third-order valence-corrected chi connectivity index (χ3v) is 17.0. The van der Waals surface area contributed by atoms with Gasteiger partial charge in [0.1, 0.15) is 67.1 Å². The monoisotopic (exact) mass is 1280 g/mol. The summed E-state index contributed by atoms with van der Waals surface area (Å²) in [6.45, 7) is 1.77. The summed E-state index contributed by atoms with van der Waals surface area (Å²) in [6.07, 6.45) is -14.6. The first-order chi connectivity index (χ1) is 47.0. The van der Waals surface area contributed by atoms with E-state index in [1.165, 1.54) is 0 Å². The fourth-order valence-electron chi connectivity index (χ4n) is 12.0. The molecule has 15 nitrogen and oxygen atoms in total. The fraction of sp³-hybridized carbons (Fsp3) is 0.325. The van der Waals surface area contributed by atoms with E-state index in [1.54, 1.807) is 0 Å². The number of aliphatic hydroxyl groups is 1. The largest absolute Gasteiger partial charge is 0.374 e. The molecule has 0 radical (unpaired) electrons. The van der Waals surface area contributed by atoms with Crippen molar-refractivity contribution in [2.75, 3.05) is 19.8 Å². The first-order valence-corrected chi connectivity index (χ1v) is 32.8. The maximum absolute atomic E-state index is 12.4. The van der Waals surface area contributed by atoms with Crippen molar-refractivity contribution in [2.24, 2.45) is 0 Å². The van der Waals surface area contributed by atoms with Gasteiger partial charge in [-0.15, -0.1) is 0 Å². The molecule has 3 aliphatic heterocycles. The third-order valence-electron chi connectivity index (χ3n) is 17.0. The van der Waals surface area contributed by atoms with Gasteiger partial charge in [-0.1, -0.05) is 273 Å². The highest BCUT2D eigenvalue weighted by molar-refractivity contribution is 5.21. The number of aliphatic hydroxyl groups excluding tert-OH is 1. The minimum atomic E-state index is -1.50. The van der Waals surface area contributed by atoms with Crippen molar-refractivity contribution in [1.29, 1.82) is 0 Å². The number of benzene rings is 9.